The zero-order valence-electron chi connectivity index (χ0n) is 15.4. The van der Waals surface area contributed by atoms with Crippen LogP contribution < -0.4 is 10.6 Å². The van der Waals surface area contributed by atoms with E-state index >= 15 is 0 Å². The van der Waals surface area contributed by atoms with Crippen molar-refractivity contribution < 1.29 is 9.18 Å². The number of likely N-dealkylation sites (N-methyl/N-ethyl adjacent to an activating group) is 1. The molecule has 1 heterocycles. The van der Waals surface area contributed by atoms with Gasteiger partial charge in [0.05, 0.1) is 10.5 Å². The highest BCUT2D eigenvalue weighted by atomic mass is 35.5. The van der Waals surface area contributed by atoms with Crippen LogP contribution in [0, 0.1) is 5.82 Å². The maximum Gasteiger partial charge on any atom is 0.248 e. The number of halogens is 2. The smallest absolute Gasteiger partial charge is 0.248 e. The van der Waals surface area contributed by atoms with E-state index in [1.54, 1.807) is 30.3 Å². The molecule has 0 aliphatic rings. The topological polar surface area (TPSA) is 70.2 Å². The first kappa shape index (κ1) is 19.7. The fourth-order valence-electron chi connectivity index (χ4n) is 2.50. The van der Waals surface area contributed by atoms with Crippen LogP contribution in [0.3, 0.4) is 0 Å². The van der Waals surface area contributed by atoms with Gasteiger partial charge in [0.2, 0.25) is 5.91 Å². The minimum absolute atomic E-state index is 0.0147. The Kier molecular flexibility index (Phi) is 6.18. The highest BCUT2D eigenvalue weighted by molar-refractivity contribution is 6.31. The normalized spacial score (nSPS) is 11.3. The summed E-state index contributed by atoms with van der Waals surface area (Å²) in [5, 5.41) is 6.65. The second kappa shape index (κ2) is 8.77. The van der Waals surface area contributed by atoms with Gasteiger partial charge < -0.3 is 15.5 Å². The molecule has 0 saturated carbocycles. The number of benzene rings is 2. The minimum atomic E-state index is -0.493. The Balaban J connectivity index is 1.84. The molecule has 1 aromatic heterocycles. The van der Waals surface area contributed by atoms with Gasteiger partial charge in [0.15, 0.2) is 0 Å². The van der Waals surface area contributed by atoms with Crippen LogP contribution in [-0.2, 0) is 4.79 Å². The van der Waals surface area contributed by atoms with E-state index in [-0.39, 0.29) is 10.9 Å². The van der Waals surface area contributed by atoms with E-state index < -0.39 is 5.82 Å². The average molecular weight is 400 g/mol. The molecule has 8 heteroatoms. The number of amides is 1. The summed E-state index contributed by atoms with van der Waals surface area (Å²) < 4.78 is 13.4. The molecule has 0 fully saturated rings. The first-order valence-electron chi connectivity index (χ1n) is 8.51. The largest absolute Gasteiger partial charge is 0.340 e. The van der Waals surface area contributed by atoms with E-state index in [4.69, 9.17) is 11.6 Å². The molecule has 2 aromatic carbocycles. The number of hydrogen-bond donors (Lipinski definition) is 2. The van der Waals surface area contributed by atoms with Crippen LogP contribution >= 0.6 is 11.6 Å². The first-order chi connectivity index (χ1) is 13.4. The predicted octanol–water partition coefficient (Wildman–Crippen LogP) is 4.22. The summed E-state index contributed by atoms with van der Waals surface area (Å²) in [6.07, 6.45) is 4.70. The van der Waals surface area contributed by atoms with Crippen molar-refractivity contribution >= 4 is 45.6 Å². The lowest BCUT2D eigenvalue weighted by atomic mass is 10.2. The number of rotatable bonds is 6. The minimum Gasteiger partial charge on any atom is -0.340 e. The predicted molar refractivity (Wildman–Crippen MR) is 111 cm³/mol. The lowest BCUT2D eigenvalue weighted by molar-refractivity contribution is -0.111. The fraction of sp³-hybridized carbons (Fsp3) is 0.150. The van der Waals surface area contributed by atoms with Crippen LogP contribution in [-0.4, -0.2) is 41.4 Å². The van der Waals surface area contributed by atoms with Gasteiger partial charge in [0.1, 0.15) is 18.0 Å². The maximum atomic E-state index is 13.4. The van der Waals surface area contributed by atoms with Crippen molar-refractivity contribution in [3.05, 3.63) is 65.7 Å². The third-order valence-corrected chi connectivity index (χ3v) is 4.11. The summed E-state index contributed by atoms with van der Waals surface area (Å²) in [5.74, 6) is -0.197. The van der Waals surface area contributed by atoms with Crippen LogP contribution in [0.15, 0.2) is 54.9 Å². The summed E-state index contributed by atoms with van der Waals surface area (Å²) in [6.45, 7) is 0.674. The quantitative estimate of drug-likeness (QED) is 0.607. The van der Waals surface area contributed by atoms with Gasteiger partial charge in [0, 0.05) is 29.4 Å². The summed E-state index contributed by atoms with van der Waals surface area (Å²) >= 11 is 5.84. The Labute approximate surface area is 167 Å². The van der Waals surface area contributed by atoms with Crippen LogP contribution in [0.25, 0.3) is 10.9 Å². The monoisotopic (exact) mass is 399 g/mol. The fourth-order valence-corrected chi connectivity index (χ4v) is 2.68. The Morgan fingerprint density at radius 2 is 1.96 bits per heavy atom. The number of carbonyl (C=O) groups is 1. The number of hydrogen-bond acceptors (Lipinski definition) is 5. The lowest BCUT2D eigenvalue weighted by Gasteiger charge is -2.10. The summed E-state index contributed by atoms with van der Waals surface area (Å²) in [4.78, 5) is 22.5. The Morgan fingerprint density at radius 1 is 1.18 bits per heavy atom. The standard InChI is InChI=1S/C20H19ClFN5O/c1-27(2)9-3-4-19(28)25-13-6-8-18-15(10-13)20(24-12-23-18)26-14-5-7-17(22)16(21)11-14/h3-8,10-12H,9H2,1-2H3,(H,25,28)(H,23,24,26). The molecule has 0 aliphatic heterocycles. The maximum absolute atomic E-state index is 13.4. The van der Waals surface area contributed by atoms with Crippen molar-refractivity contribution in [3.63, 3.8) is 0 Å². The van der Waals surface area contributed by atoms with Gasteiger partial charge in [-0.05, 0) is 50.5 Å². The van der Waals surface area contributed by atoms with Crippen molar-refractivity contribution in [2.75, 3.05) is 31.3 Å². The number of aromatic nitrogens is 2. The van der Waals surface area contributed by atoms with Crippen LogP contribution in [0.1, 0.15) is 0 Å². The molecule has 144 valence electrons. The number of nitrogens with zero attached hydrogens (tertiary/aromatic N) is 3. The van der Waals surface area contributed by atoms with Crippen molar-refractivity contribution in [1.82, 2.24) is 14.9 Å². The highest BCUT2D eigenvalue weighted by Crippen LogP contribution is 2.27. The van der Waals surface area contributed by atoms with Crippen LogP contribution in [0.4, 0.5) is 21.6 Å². The van der Waals surface area contributed by atoms with Gasteiger partial charge >= 0.3 is 0 Å². The van der Waals surface area contributed by atoms with Gasteiger partial charge in [-0.2, -0.15) is 0 Å². The molecule has 2 N–H and O–H groups in total. The molecule has 6 nitrogen and oxygen atoms in total. The molecule has 28 heavy (non-hydrogen) atoms. The van der Waals surface area contributed by atoms with Crippen LogP contribution in [0.2, 0.25) is 5.02 Å². The molecular weight excluding hydrogens is 381 g/mol. The molecule has 3 rings (SSSR count). The SMILES string of the molecule is CN(C)CC=CC(=O)Nc1ccc2ncnc(Nc3ccc(F)c(Cl)c3)c2c1. The Morgan fingerprint density at radius 3 is 2.71 bits per heavy atom. The number of anilines is 3. The van der Waals surface area contributed by atoms with Crippen LogP contribution in [0.5, 0.6) is 0 Å². The summed E-state index contributed by atoms with van der Waals surface area (Å²) in [6, 6.07) is 9.66. The van der Waals surface area contributed by atoms with Crippen molar-refractivity contribution in [3.8, 4) is 0 Å². The Bertz CT molecular complexity index is 1040. The molecule has 3 aromatic rings. The zero-order chi connectivity index (χ0) is 20.1. The molecule has 0 spiro atoms. The molecule has 1 amide bonds. The van der Waals surface area contributed by atoms with Gasteiger partial charge in [-0.1, -0.05) is 17.7 Å². The summed E-state index contributed by atoms with van der Waals surface area (Å²) in [5.41, 5.74) is 1.90. The Hall–Kier alpha value is -3.03. The van der Waals surface area contributed by atoms with Gasteiger partial charge in [-0.15, -0.1) is 0 Å². The van der Waals surface area contributed by atoms with Gasteiger partial charge in [-0.25, -0.2) is 14.4 Å². The second-order valence-electron chi connectivity index (χ2n) is 6.36. The highest BCUT2D eigenvalue weighted by Gasteiger charge is 2.08. The summed E-state index contributed by atoms with van der Waals surface area (Å²) in [7, 11) is 3.85. The second-order valence-corrected chi connectivity index (χ2v) is 6.77. The molecule has 0 unspecified atom stereocenters. The van der Waals surface area contributed by atoms with E-state index in [0.29, 0.717) is 34.6 Å². The molecular formula is C20H19ClFN5O. The lowest BCUT2D eigenvalue weighted by Crippen LogP contribution is -2.12. The van der Waals surface area contributed by atoms with E-state index in [0.717, 1.165) is 0 Å². The average Bonchev–Trinajstić information content (AvgIpc) is 2.65. The first-order valence-corrected chi connectivity index (χ1v) is 8.89. The van der Waals surface area contributed by atoms with E-state index in [9.17, 15) is 9.18 Å². The third kappa shape index (κ3) is 5.03. The van der Waals surface area contributed by atoms with E-state index in [1.165, 1.54) is 24.5 Å². The van der Waals surface area contributed by atoms with E-state index in [2.05, 4.69) is 20.6 Å². The molecule has 0 aliphatic carbocycles. The molecule has 0 saturated heterocycles. The molecule has 0 atom stereocenters. The molecule has 0 radical (unpaired) electrons. The van der Waals surface area contributed by atoms with E-state index in [1.807, 2.05) is 19.0 Å². The van der Waals surface area contributed by atoms with Gasteiger partial charge in [0.25, 0.3) is 0 Å². The molecule has 0 bridgehead atoms. The van der Waals surface area contributed by atoms with Crippen molar-refractivity contribution in [2.45, 2.75) is 0 Å². The number of fused-ring (bicyclic) bond motifs is 1. The number of nitrogens with one attached hydrogen (secondary N) is 2. The van der Waals surface area contributed by atoms with Gasteiger partial charge in [-0.3, -0.25) is 4.79 Å². The third-order valence-electron chi connectivity index (χ3n) is 3.82. The number of carbonyl (C=O) groups excluding carboxylic acids is 1. The van der Waals surface area contributed by atoms with Crippen molar-refractivity contribution in [1.29, 1.82) is 0 Å². The zero-order valence-corrected chi connectivity index (χ0v) is 16.2. The van der Waals surface area contributed by atoms with Crippen molar-refractivity contribution in [2.24, 2.45) is 0 Å².